The maximum absolute atomic E-state index is 9.10. The fourth-order valence-electron chi connectivity index (χ4n) is 3.95. The number of methoxy groups -OCH3 is 1. The predicted octanol–water partition coefficient (Wildman–Crippen LogP) is 2.23. The van der Waals surface area contributed by atoms with E-state index < -0.39 is 11.9 Å². The van der Waals surface area contributed by atoms with Crippen LogP contribution < -0.4 is 10.1 Å². The van der Waals surface area contributed by atoms with Gasteiger partial charge in [0, 0.05) is 11.0 Å². The van der Waals surface area contributed by atoms with E-state index in [0.29, 0.717) is 0 Å². The monoisotopic (exact) mass is 369 g/mol. The summed E-state index contributed by atoms with van der Waals surface area (Å²) in [6.07, 6.45) is 6.31. The zero-order valence-electron chi connectivity index (χ0n) is 16.0. The Morgan fingerprint density at radius 3 is 2.23 bits per heavy atom. The SMILES string of the molecule is CCC1(NC)CCCCC1(C)c1cccc(OC)c1.O.O=C(O)C(=O)O. The molecule has 0 radical (unpaired) electrons. The van der Waals surface area contributed by atoms with E-state index in [4.69, 9.17) is 24.5 Å². The summed E-state index contributed by atoms with van der Waals surface area (Å²) >= 11 is 0. The van der Waals surface area contributed by atoms with Crippen LogP contribution in [0.25, 0.3) is 0 Å². The average molecular weight is 369 g/mol. The maximum Gasteiger partial charge on any atom is 0.414 e. The maximum atomic E-state index is 9.10. The molecule has 0 saturated heterocycles. The predicted molar refractivity (Wildman–Crippen MR) is 99.8 cm³/mol. The van der Waals surface area contributed by atoms with Crippen molar-refractivity contribution in [2.75, 3.05) is 14.2 Å². The van der Waals surface area contributed by atoms with Crippen molar-refractivity contribution >= 4 is 11.9 Å². The Morgan fingerprint density at radius 1 is 1.19 bits per heavy atom. The minimum Gasteiger partial charge on any atom is -0.497 e. The number of carboxylic acids is 2. The van der Waals surface area contributed by atoms with Gasteiger partial charge in [0.15, 0.2) is 0 Å². The largest absolute Gasteiger partial charge is 0.497 e. The normalized spacial score (nSPS) is 24.5. The van der Waals surface area contributed by atoms with E-state index in [1.54, 1.807) is 7.11 Å². The van der Waals surface area contributed by atoms with Crippen LogP contribution in [0.15, 0.2) is 24.3 Å². The minimum atomic E-state index is -1.82. The van der Waals surface area contributed by atoms with E-state index in [0.717, 1.165) is 12.2 Å². The highest BCUT2D eigenvalue weighted by atomic mass is 16.5. The van der Waals surface area contributed by atoms with Gasteiger partial charge in [0.1, 0.15) is 5.75 Å². The molecule has 7 nitrogen and oxygen atoms in total. The van der Waals surface area contributed by atoms with Crippen LogP contribution in [-0.4, -0.2) is 47.3 Å². The fourth-order valence-corrected chi connectivity index (χ4v) is 3.95. The third kappa shape index (κ3) is 4.95. The first-order chi connectivity index (χ1) is 11.8. The summed E-state index contributed by atoms with van der Waals surface area (Å²) in [6.45, 7) is 4.72. The lowest BCUT2D eigenvalue weighted by Gasteiger charge is -2.52. The first kappa shape index (κ1) is 23.9. The van der Waals surface area contributed by atoms with Gasteiger partial charge in [0.25, 0.3) is 0 Å². The van der Waals surface area contributed by atoms with Gasteiger partial charge in [-0.2, -0.15) is 0 Å². The quantitative estimate of drug-likeness (QED) is 0.698. The van der Waals surface area contributed by atoms with Crippen molar-refractivity contribution in [3.63, 3.8) is 0 Å². The number of hydrogen-bond acceptors (Lipinski definition) is 4. The Labute approximate surface area is 154 Å². The Hall–Kier alpha value is -2.12. The Morgan fingerprint density at radius 2 is 1.77 bits per heavy atom. The van der Waals surface area contributed by atoms with Crippen molar-refractivity contribution in [3.05, 3.63) is 29.8 Å². The number of aliphatic carboxylic acids is 2. The van der Waals surface area contributed by atoms with Crippen molar-refractivity contribution in [1.82, 2.24) is 5.32 Å². The lowest BCUT2D eigenvalue weighted by atomic mass is 9.58. The summed E-state index contributed by atoms with van der Waals surface area (Å²) < 4.78 is 5.41. The molecule has 0 amide bonds. The molecule has 5 N–H and O–H groups in total. The van der Waals surface area contributed by atoms with E-state index in [9.17, 15) is 0 Å². The molecule has 2 unspecified atom stereocenters. The van der Waals surface area contributed by atoms with E-state index in [-0.39, 0.29) is 16.4 Å². The van der Waals surface area contributed by atoms with Gasteiger partial charge in [0.2, 0.25) is 0 Å². The van der Waals surface area contributed by atoms with Crippen LogP contribution in [0.5, 0.6) is 5.75 Å². The van der Waals surface area contributed by atoms with Gasteiger partial charge in [-0.15, -0.1) is 0 Å². The second-order valence-corrected chi connectivity index (χ2v) is 6.57. The third-order valence-electron chi connectivity index (χ3n) is 5.56. The molecule has 1 saturated carbocycles. The van der Waals surface area contributed by atoms with Gasteiger partial charge < -0.3 is 25.7 Å². The molecule has 1 aromatic carbocycles. The van der Waals surface area contributed by atoms with Gasteiger partial charge in [0.05, 0.1) is 7.11 Å². The number of likely N-dealkylation sites (N-methyl/N-ethyl adjacent to an activating group) is 1. The molecule has 1 aliphatic carbocycles. The molecule has 0 heterocycles. The second kappa shape index (κ2) is 10.1. The topological polar surface area (TPSA) is 127 Å². The van der Waals surface area contributed by atoms with Crippen LogP contribution in [-0.2, 0) is 15.0 Å². The number of ether oxygens (including phenoxy) is 1. The van der Waals surface area contributed by atoms with Gasteiger partial charge in [-0.05, 0) is 44.0 Å². The fraction of sp³-hybridized carbons (Fsp3) is 0.579. The van der Waals surface area contributed by atoms with Gasteiger partial charge in [-0.1, -0.05) is 38.8 Å². The van der Waals surface area contributed by atoms with Crippen LogP contribution in [0.2, 0.25) is 0 Å². The molecule has 1 aliphatic rings. The van der Waals surface area contributed by atoms with Crippen molar-refractivity contribution in [3.8, 4) is 5.75 Å². The highest BCUT2D eigenvalue weighted by molar-refractivity contribution is 6.27. The summed E-state index contributed by atoms with van der Waals surface area (Å²) in [5.74, 6) is -2.68. The smallest absolute Gasteiger partial charge is 0.414 e. The Bertz CT molecular complexity index is 587. The van der Waals surface area contributed by atoms with Crippen LogP contribution in [0.1, 0.15) is 51.5 Å². The molecule has 1 fully saturated rings. The first-order valence-corrected chi connectivity index (χ1v) is 8.56. The summed E-state index contributed by atoms with van der Waals surface area (Å²) in [5, 5.41) is 18.4. The van der Waals surface area contributed by atoms with Gasteiger partial charge in [-0.3, -0.25) is 0 Å². The highest BCUT2D eigenvalue weighted by Crippen LogP contribution is 2.48. The number of rotatable bonds is 4. The van der Waals surface area contributed by atoms with E-state index in [1.807, 2.05) is 6.07 Å². The van der Waals surface area contributed by atoms with Gasteiger partial charge >= 0.3 is 11.9 Å². The number of carboxylic acid groups (broad SMARTS) is 2. The molecular formula is C19H31NO6. The van der Waals surface area contributed by atoms with Crippen molar-refractivity contribution in [1.29, 1.82) is 0 Å². The standard InChI is InChI=1S/C17H27NO.C2H2O4.H2O/c1-5-17(18-3)12-7-6-11-16(17,2)14-9-8-10-15(13-14)19-4;3-1(4)2(5)6;/h8-10,13,18H,5-7,11-12H2,1-4H3;(H,3,4)(H,5,6);1H2. The van der Waals surface area contributed by atoms with Crippen molar-refractivity contribution < 1.29 is 30.0 Å². The average Bonchev–Trinajstić information content (AvgIpc) is 2.63. The van der Waals surface area contributed by atoms with Crippen LogP contribution in [0, 0.1) is 0 Å². The number of nitrogens with one attached hydrogen (secondary N) is 1. The summed E-state index contributed by atoms with van der Waals surface area (Å²) in [4.78, 5) is 18.2. The minimum absolute atomic E-state index is 0. The molecule has 2 rings (SSSR count). The zero-order valence-corrected chi connectivity index (χ0v) is 16.0. The first-order valence-electron chi connectivity index (χ1n) is 8.56. The van der Waals surface area contributed by atoms with Gasteiger partial charge in [-0.25, -0.2) is 9.59 Å². The van der Waals surface area contributed by atoms with E-state index >= 15 is 0 Å². The highest BCUT2D eigenvalue weighted by Gasteiger charge is 2.48. The lowest BCUT2D eigenvalue weighted by Crippen LogP contribution is -2.59. The summed E-state index contributed by atoms with van der Waals surface area (Å²) in [6, 6.07) is 8.62. The molecule has 7 heteroatoms. The summed E-state index contributed by atoms with van der Waals surface area (Å²) in [7, 11) is 3.86. The van der Waals surface area contributed by atoms with Crippen molar-refractivity contribution in [2.45, 2.75) is 56.9 Å². The molecule has 148 valence electrons. The second-order valence-electron chi connectivity index (χ2n) is 6.57. The van der Waals surface area contributed by atoms with E-state index in [1.165, 1.54) is 31.2 Å². The molecule has 26 heavy (non-hydrogen) atoms. The number of hydrogen-bond donors (Lipinski definition) is 3. The molecule has 0 bridgehead atoms. The van der Waals surface area contributed by atoms with Crippen LogP contribution in [0.4, 0.5) is 0 Å². The molecule has 0 spiro atoms. The lowest BCUT2D eigenvalue weighted by molar-refractivity contribution is -0.159. The third-order valence-corrected chi connectivity index (χ3v) is 5.56. The molecule has 1 aromatic rings. The molecule has 0 aliphatic heterocycles. The Kier molecular flexibility index (Phi) is 9.31. The van der Waals surface area contributed by atoms with E-state index in [2.05, 4.69) is 44.4 Å². The number of carbonyl (C=O) groups is 2. The summed E-state index contributed by atoms with van der Waals surface area (Å²) in [5.41, 5.74) is 1.80. The molecule has 0 aromatic heterocycles. The zero-order chi connectivity index (χ0) is 19.1. The Balaban J connectivity index is 0.000000777. The number of benzene rings is 1. The van der Waals surface area contributed by atoms with Crippen molar-refractivity contribution in [2.24, 2.45) is 0 Å². The molecule has 2 atom stereocenters. The van der Waals surface area contributed by atoms with Crippen LogP contribution in [0.3, 0.4) is 0 Å². The molecular weight excluding hydrogens is 338 g/mol. The van der Waals surface area contributed by atoms with Crippen LogP contribution >= 0.6 is 0 Å².